The van der Waals surface area contributed by atoms with Crippen molar-refractivity contribution in [2.75, 3.05) is 0 Å². The van der Waals surface area contributed by atoms with Gasteiger partial charge in [-0.1, -0.05) is 47.5 Å². The zero-order chi connectivity index (χ0) is 11.7. The van der Waals surface area contributed by atoms with Crippen LogP contribution in [-0.4, -0.2) is 0 Å². The van der Waals surface area contributed by atoms with Crippen molar-refractivity contribution >= 4 is 34.0 Å². The summed E-state index contributed by atoms with van der Waals surface area (Å²) in [6, 6.07) is 11.0. The lowest BCUT2D eigenvalue weighted by Crippen LogP contribution is -1.90. The number of nitriles is 2. The quantitative estimate of drug-likeness (QED) is 0.708. The highest BCUT2D eigenvalue weighted by Gasteiger charge is 2.16. The molecule has 0 spiro atoms. The summed E-state index contributed by atoms with van der Waals surface area (Å²) in [5.41, 5.74) is 0.403. The Hall–Kier alpha value is -1.74. The minimum atomic E-state index is 0.132. The number of rotatable bonds is 0. The Morgan fingerprint density at radius 2 is 1.38 bits per heavy atom. The highest BCUT2D eigenvalue weighted by molar-refractivity contribution is 6.46. The molecule has 0 bridgehead atoms. The van der Waals surface area contributed by atoms with Gasteiger partial charge in [0.25, 0.3) is 0 Å². The fourth-order valence-electron chi connectivity index (χ4n) is 1.59. The molecule has 0 amide bonds. The summed E-state index contributed by atoms with van der Waals surface area (Å²) < 4.78 is 0. The van der Waals surface area contributed by atoms with Crippen LogP contribution in [0.5, 0.6) is 0 Å². The predicted octanol–water partition coefficient (Wildman–Crippen LogP) is 3.89. The zero-order valence-corrected chi connectivity index (χ0v) is 9.47. The molecule has 0 unspecified atom stereocenters. The molecule has 0 fully saturated rings. The third kappa shape index (κ3) is 1.41. The van der Waals surface area contributed by atoms with Crippen LogP contribution in [0.2, 0.25) is 10.0 Å². The van der Waals surface area contributed by atoms with E-state index in [0.29, 0.717) is 15.8 Å². The molecule has 0 aromatic heterocycles. The lowest BCUT2D eigenvalue weighted by atomic mass is 10.0. The average molecular weight is 247 g/mol. The minimum Gasteiger partial charge on any atom is -0.192 e. The first kappa shape index (κ1) is 10.8. The van der Waals surface area contributed by atoms with Crippen molar-refractivity contribution < 1.29 is 0 Å². The molecule has 2 rings (SSSR count). The second-order valence-electron chi connectivity index (χ2n) is 3.15. The summed E-state index contributed by atoms with van der Waals surface area (Å²) in [5.74, 6) is 0. The maximum Gasteiger partial charge on any atom is 0.102 e. The lowest BCUT2D eigenvalue weighted by Gasteiger charge is -2.07. The van der Waals surface area contributed by atoms with Crippen molar-refractivity contribution in [3.05, 3.63) is 45.4 Å². The van der Waals surface area contributed by atoms with Crippen LogP contribution in [0, 0.1) is 22.7 Å². The van der Waals surface area contributed by atoms with Gasteiger partial charge in [-0.3, -0.25) is 0 Å². The topological polar surface area (TPSA) is 47.6 Å². The summed E-state index contributed by atoms with van der Waals surface area (Å²) >= 11 is 12.0. The number of benzene rings is 2. The molecule has 0 aliphatic heterocycles. The predicted molar refractivity (Wildman–Crippen MR) is 63.4 cm³/mol. The van der Waals surface area contributed by atoms with Crippen molar-refractivity contribution in [3.8, 4) is 12.1 Å². The Bertz CT molecular complexity index is 663. The molecule has 0 saturated carbocycles. The molecule has 2 aromatic carbocycles. The normalized spacial score (nSPS) is 9.75. The molecular weight excluding hydrogens is 243 g/mol. The third-order valence-corrected chi connectivity index (χ3v) is 3.19. The smallest absolute Gasteiger partial charge is 0.102 e. The largest absolute Gasteiger partial charge is 0.192 e. The molecule has 76 valence electrons. The first-order valence-electron chi connectivity index (χ1n) is 4.40. The molecule has 2 aromatic rings. The van der Waals surface area contributed by atoms with Gasteiger partial charge in [0.2, 0.25) is 0 Å². The van der Waals surface area contributed by atoms with E-state index in [1.165, 1.54) is 0 Å². The summed E-state index contributed by atoms with van der Waals surface area (Å²) in [6.07, 6.45) is 0. The van der Waals surface area contributed by atoms with E-state index in [9.17, 15) is 0 Å². The molecule has 0 heterocycles. The SMILES string of the molecule is N#Cc1c(Cl)c(Cl)c2ccccc2c1C#N. The Balaban J connectivity index is 3.10. The van der Waals surface area contributed by atoms with E-state index in [2.05, 4.69) is 0 Å². The Morgan fingerprint density at radius 1 is 0.812 bits per heavy atom. The molecule has 0 atom stereocenters. The van der Waals surface area contributed by atoms with E-state index >= 15 is 0 Å². The van der Waals surface area contributed by atoms with Gasteiger partial charge < -0.3 is 0 Å². The van der Waals surface area contributed by atoms with Gasteiger partial charge >= 0.3 is 0 Å². The van der Waals surface area contributed by atoms with Gasteiger partial charge in [0.05, 0.1) is 21.2 Å². The fraction of sp³-hybridized carbons (Fsp3) is 0. The van der Waals surface area contributed by atoms with E-state index in [4.69, 9.17) is 33.7 Å². The van der Waals surface area contributed by atoms with Crippen LogP contribution >= 0.6 is 23.2 Å². The van der Waals surface area contributed by atoms with Crippen LogP contribution in [0.25, 0.3) is 10.8 Å². The number of halogens is 2. The van der Waals surface area contributed by atoms with Crippen molar-refractivity contribution in [2.45, 2.75) is 0 Å². The highest BCUT2D eigenvalue weighted by Crippen LogP contribution is 2.36. The number of hydrogen-bond donors (Lipinski definition) is 0. The molecule has 16 heavy (non-hydrogen) atoms. The summed E-state index contributed by atoms with van der Waals surface area (Å²) in [7, 11) is 0. The number of fused-ring (bicyclic) bond motifs is 1. The van der Waals surface area contributed by atoms with Crippen LogP contribution in [0.4, 0.5) is 0 Å². The monoisotopic (exact) mass is 246 g/mol. The number of hydrogen-bond acceptors (Lipinski definition) is 2. The molecule has 4 heteroatoms. The molecule has 0 N–H and O–H groups in total. The minimum absolute atomic E-state index is 0.132. The van der Waals surface area contributed by atoms with E-state index < -0.39 is 0 Å². The van der Waals surface area contributed by atoms with Gasteiger partial charge in [-0.15, -0.1) is 0 Å². The van der Waals surface area contributed by atoms with Gasteiger partial charge in [0.15, 0.2) is 0 Å². The van der Waals surface area contributed by atoms with Gasteiger partial charge in [-0.05, 0) is 0 Å². The number of nitrogens with zero attached hydrogens (tertiary/aromatic N) is 2. The van der Waals surface area contributed by atoms with Gasteiger partial charge in [-0.25, -0.2) is 0 Å². The second kappa shape index (κ2) is 4.02. The van der Waals surface area contributed by atoms with E-state index in [1.54, 1.807) is 24.3 Å². The van der Waals surface area contributed by atoms with Crippen molar-refractivity contribution in [1.29, 1.82) is 10.5 Å². The molecule has 0 radical (unpaired) electrons. The van der Waals surface area contributed by atoms with Crippen LogP contribution in [-0.2, 0) is 0 Å². The average Bonchev–Trinajstić information content (AvgIpc) is 2.33. The second-order valence-corrected chi connectivity index (χ2v) is 3.90. The van der Waals surface area contributed by atoms with E-state index in [-0.39, 0.29) is 16.1 Å². The van der Waals surface area contributed by atoms with Crippen LogP contribution in [0.1, 0.15) is 11.1 Å². The Kier molecular flexibility index (Phi) is 2.71. The Labute approximate surface area is 102 Å². The van der Waals surface area contributed by atoms with Crippen LogP contribution in [0.3, 0.4) is 0 Å². The zero-order valence-electron chi connectivity index (χ0n) is 7.96. The molecule has 0 aliphatic rings. The maximum atomic E-state index is 9.06. The molecule has 0 aliphatic carbocycles. The molecule has 2 nitrogen and oxygen atoms in total. The fourth-order valence-corrected chi connectivity index (χ4v) is 2.08. The molecular formula is C12H4Cl2N2. The van der Waals surface area contributed by atoms with Gasteiger partial charge in [0.1, 0.15) is 12.1 Å². The van der Waals surface area contributed by atoms with Crippen LogP contribution in [0.15, 0.2) is 24.3 Å². The Morgan fingerprint density at radius 3 is 1.94 bits per heavy atom. The standard InChI is InChI=1S/C12H4Cl2N2/c13-11-8-4-2-1-3-7(8)9(5-15)10(6-16)12(11)14/h1-4H. The molecule has 0 saturated heterocycles. The highest BCUT2D eigenvalue weighted by atomic mass is 35.5. The van der Waals surface area contributed by atoms with E-state index in [0.717, 1.165) is 0 Å². The summed E-state index contributed by atoms with van der Waals surface area (Å²) in [5, 5.41) is 19.8. The van der Waals surface area contributed by atoms with Crippen molar-refractivity contribution in [3.63, 3.8) is 0 Å². The van der Waals surface area contributed by atoms with Crippen LogP contribution < -0.4 is 0 Å². The third-order valence-electron chi connectivity index (χ3n) is 2.32. The summed E-state index contributed by atoms with van der Waals surface area (Å²) in [6.45, 7) is 0. The van der Waals surface area contributed by atoms with Crippen molar-refractivity contribution in [2.24, 2.45) is 0 Å². The van der Waals surface area contributed by atoms with Crippen molar-refractivity contribution in [1.82, 2.24) is 0 Å². The van der Waals surface area contributed by atoms with Gasteiger partial charge in [-0.2, -0.15) is 10.5 Å². The van der Waals surface area contributed by atoms with Gasteiger partial charge in [0, 0.05) is 10.8 Å². The first-order chi connectivity index (χ1) is 7.70. The lowest BCUT2D eigenvalue weighted by molar-refractivity contribution is 1.45. The summed E-state index contributed by atoms with van der Waals surface area (Å²) in [4.78, 5) is 0. The maximum absolute atomic E-state index is 9.06. The first-order valence-corrected chi connectivity index (χ1v) is 5.16. The van der Waals surface area contributed by atoms with E-state index in [1.807, 2.05) is 12.1 Å².